The molecule has 1 aromatic carbocycles. The molecule has 0 saturated heterocycles. The highest BCUT2D eigenvalue weighted by Gasteiger charge is 2.25. The Labute approximate surface area is 147 Å². The number of aromatic nitrogens is 2. The lowest BCUT2D eigenvalue weighted by molar-refractivity contribution is 0.186. The van der Waals surface area contributed by atoms with E-state index in [0.717, 1.165) is 18.4 Å². The van der Waals surface area contributed by atoms with Gasteiger partial charge in [-0.3, -0.25) is 9.69 Å². The topological polar surface area (TPSA) is 62.1 Å². The van der Waals surface area contributed by atoms with E-state index in [-0.39, 0.29) is 5.56 Å². The Bertz CT molecular complexity index is 1140. The van der Waals surface area contributed by atoms with E-state index >= 15 is 0 Å². The number of aromatic amines is 1. The van der Waals surface area contributed by atoms with E-state index in [2.05, 4.69) is 28.3 Å². The lowest BCUT2D eigenvalue weighted by Gasteiger charge is -2.33. The van der Waals surface area contributed by atoms with Crippen molar-refractivity contribution in [2.75, 3.05) is 6.54 Å². The standard InChI is InChI=1S/C19H17N3O2S/c1-11-12-7-9-25-15(12)6-8-22(11)10-16-20-17-13-4-2-3-5-14(13)24-18(17)19(23)21-16/h2-5,7,9,11H,6,8,10H2,1H3,(H,20,21,23)/t11-/m1/s1. The SMILES string of the molecule is C[C@@H]1c2ccsc2CCN1Cc1nc2c(oc3ccccc32)c(=O)[nH]1. The van der Waals surface area contributed by atoms with Crippen LogP contribution in [0.1, 0.15) is 29.2 Å². The molecule has 0 aliphatic carbocycles. The molecule has 4 aromatic rings. The Morgan fingerprint density at radius 3 is 3.16 bits per heavy atom. The molecule has 0 unspecified atom stereocenters. The van der Waals surface area contributed by atoms with Crippen molar-refractivity contribution in [2.24, 2.45) is 0 Å². The fraction of sp³-hybridized carbons (Fsp3) is 0.263. The van der Waals surface area contributed by atoms with Gasteiger partial charge in [0.25, 0.3) is 5.56 Å². The lowest BCUT2D eigenvalue weighted by atomic mass is 10.0. The molecule has 1 atom stereocenters. The largest absolute Gasteiger partial charge is 0.449 e. The van der Waals surface area contributed by atoms with Gasteiger partial charge in [0, 0.05) is 22.8 Å². The minimum absolute atomic E-state index is 0.211. The highest BCUT2D eigenvalue weighted by Crippen LogP contribution is 2.33. The summed E-state index contributed by atoms with van der Waals surface area (Å²) < 4.78 is 5.67. The van der Waals surface area contributed by atoms with Crippen molar-refractivity contribution in [3.63, 3.8) is 0 Å². The summed E-state index contributed by atoms with van der Waals surface area (Å²) in [5.41, 5.74) is 2.83. The molecule has 0 saturated carbocycles. The van der Waals surface area contributed by atoms with Gasteiger partial charge in [-0.05, 0) is 42.5 Å². The molecule has 0 amide bonds. The lowest BCUT2D eigenvalue weighted by Crippen LogP contribution is -2.33. The van der Waals surface area contributed by atoms with Gasteiger partial charge in [0.05, 0.1) is 6.54 Å². The number of hydrogen-bond acceptors (Lipinski definition) is 5. The number of fused-ring (bicyclic) bond motifs is 4. The summed E-state index contributed by atoms with van der Waals surface area (Å²) >= 11 is 1.83. The molecule has 5 nitrogen and oxygen atoms in total. The molecular weight excluding hydrogens is 334 g/mol. The predicted molar refractivity (Wildman–Crippen MR) is 99.0 cm³/mol. The summed E-state index contributed by atoms with van der Waals surface area (Å²) in [7, 11) is 0. The number of rotatable bonds is 2. The van der Waals surface area contributed by atoms with Gasteiger partial charge in [0.2, 0.25) is 5.58 Å². The third-order valence-corrected chi connectivity index (χ3v) is 6.03. The van der Waals surface area contributed by atoms with Crippen LogP contribution in [0.2, 0.25) is 0 Å². The zero-order valence-corrected chi connectivity index (χ0v) is 14.6. The number of thiophene rings is 1. The fourth-order valence-electron chi connectivity index (χ4n) is 3.69. The van der Waals surface area contributed by atoms with Gasteiger partial charge in [-0.15, -0.1) is 11.3 Å². The van der Waals surface area contributed by atoms with Crippen LogP contribution in [-0.2, 0) is 13.0 Å². The van der Waals surface area contributed by atoms with Gasteiger partial charge >= 0.3 is 0 Å². The second-order valence-corrected chi connectivity index (χ2v) is 7.48. The van der Waals surface area contributed by atoms with E-state index in [1.54, 1.807) is 0 Å². The molecule has 1 aliphatic heterocycles. The minimum Gasteiger partial charge on any atom is -0.449 e. The van der Waals surface area contributed by atoms with Crippen LogP contribution in [0, 0.1) is 0 Å². The first-order chi connectivity index (χ1) is 12.2. The van der Waals surface area contributed by atoms with E-state index in [0.29, 0.717) is 35.1 Å². The van der Waals surface area contributed by atoms with Crippen molar-refractivity contribution in [2.45, 2.75) is 25.9 Å². The quantitative estimate of drug-likeness (QED) is 0.596. The molecule has 4 heterocycles. The summed E-state index contributed by atoms with van der Waals surface area (Å²) in [5.74, 6) is 0.689. The van der Waals surface area contributed by atoms with Crippen molar-refractivity contribution in [3.8, 4) is 0 Å². The van der Waals surface area contributed by atoms with E-state index in [1.165, 1.54) is 10.4 Å². The first-order valence-electron chi connectivity index (χ1n) is 8.41. The van der Waals surface area contributed by atoms with Crippen LogP contribution >= 0.6 is 11.3 Å². The second-order valence-electron chi connectivity index (χ2n) is 6.48. The summed E-state index contributed by atoms with van der Waals surface area (Å²) in [5, 5.41) is 3.05. The molecule has 6 heteroatoms. The maximum absolute atomic E-state index is 12.4. The third-order valence-electron chi connectivity index (χ3n) is 5.04. The fourth-order valence-corrected chi connectivity index (χ4v) is 4.65. The van der Waals surface area contributed by atoms with Crippen LogP contribution in [0.15, 0.2) is 44.9 Å². The van der Waals surface area contributed by atoms with Crippen molar-refractivity contribution in [1.82, 2.24) is 14.9 Å². The van der Waals surface area contributed by atoms with Gasteiger partial charge in [-0.2, -0.15) is 0 Å². The highest BCUT2D eigenvalue weighted by molar-refractivity contribution is 7.10. The Kier molecular flexibility index (Phi) is 3.29. The Balaban J connectivity index is 1.55. The molecule has 126 valence electrons. The number of H-pyrrole nitrogens is 1. The maximum atomic E-state index is 12.4. The molecule has 0 spiro atoms. The van der Waals surface area contributed by atoms with Crippen LogP contribution in [-0.4, -0.2) is 21.4 Å². The normalized spacial score (nSPS) is 18.0. The Morgan fingerprint density at radius 1 is 1.36 bits per heavy atom. The zero-order valence-electron chi connectivity index (χ0n) is 13.8. The molecule has 0 fully saturated rings. The molecule has 1 aliphatic rings. The third kappa shape index (κ3) is 2.33. The van der Waals surface area contributed by atoms with Crippen LogP contribution in [0.3, 0.4) is 0 Å². The highest BCUT2D eigenvalue weighted by atomic mass is 32.1. The van der Waals surface area contributed by atoms with E-state index in [4.69, 9.17) is 9.40 Å². The first-order valence-corrected chi connectivity index (χ1v) is 9.29. The van der Waals surface area contributed by atoms with E-state index in [1.807, 2.05) is 35.6 Å². The average Bonchev–Trinajstić information content (AvgIpc) is 3.23. The molecule has 0 bridgehead atoms. The summed E-state index contributed by atoms with van der Waals surface area (Å²) in [4.78, 5) is 23.9. The summed E-state index contributed by atoms with van der Waals surface area (Å²) in [6, 6.07) is 10.2. The van der Waals surface area contributed by atoms with Crippen LogP contribution in [0.25, 0.3) is 22.1 Å². The Morgan fingerprint density at radius 2 is 2.24 bits per heavy atom. The van der Waals surface area contributed by atoms with Gasteiger partial charge < -0.3 is 9.40 Å². The molecule has 25 heavy (non-hydrogen) atoms. The molecule has 0 radical (unpaired) electrons. The molecular formula is C19H17N3O2S. The number of benzene rings is 1. The predicted octanol–water partition coefficient (Wildman–Crippen LogP) is 3.85. The van der Waals surface area contributed by atoms with Crippen molar-refractivity contribution < 1.29 is 4.42 Å². The second kappa shape index (κ2) is 5.54. The van der Waals surface area contributed by atoms with E-state index < -0.39 is 0 Å². The number of nitrogens with one attached hydrogen (secondary N) is 1. The Hall–Kier alpha value is -2.44. The average molecular weight is 351 g/mol. The van der Waals surface area contributed by atoms with Crippen LogP contribution < -0.4 is 5.56 Å². The molecule has 1 N–H and O–H groups in total. The van der Waals surface area contributed by atoms with Gasteiger partial charge in [0.1, 0.15) is 16.9 Å². The zero-order chi connectivity index (χ0) is 17.0. The van der Waals surface area contributed by atoms with Crippen LogP contribution in [0.5, 0.6) is 0 Å². The number of hydrogen-bond donors (Lipinski definition) is 1. The monoisotopic (exact) mass is 351 g/mol. The van der Waals surface area contributed by atoms with Crippen molar-refractivity contribution in [3.05, 3.63) is 62.3 Å². The van der Waals surface area contributed by atoms with Crippen LogP contribution in [0.4, 0.5) is 0 Å². The number of para-hydroxylation sites is 1. The smallest absolute Gasteiger partial charge is 0.294 e. The molecule has 3 aromatic heterocycles. The first kappa shape index (κ1) is 14.9. The molecule has 5 rings (SSSR count). The van der Waals surface area contributed by atoms with Gasteiger partial charge in [-0.25, -0.2) is 4.98 Å². The number of nitrogens with zero attached hydrogens (tertiary/aromatic N) is 2. The summed E-state index contributed by atoms with van der Waals surface area (Å²) in [6.45, 7) is 3.82. The van der Waals surface area contributed by atoms with E-state index in [9.17, 15) is 4.79 Å². The van der Waals surface area contributed by atoms with Crippen molar-refractivity contribution in [1.29, 1.82) is 0 Å². The van der Waals surface area contributed by atoms with Crippen molar-refractivity contribution >= 4 is 33.4 Å². The van der Waals surface area contributed by atoms with Gasteiger partial charge in [0.15, 0.2) is 0 Å². The number of furan rings is 1. The maximum Gasteiger partial charge on any atom is 0.294 e. The van der Waals surface area contributed by atoms with Gasteiger partial charge in [-0.1, -0.05) is 12.1 Å². The minimum atomic E-state index is -0.211. The summed E-state index contributed by atoms with van der Waals surface area (Å²) in [6.07, 6.45) is 1.05.